The Morgan fingerprint density at radius 1 is 1.37 bits per heavy atom. The molecule has 1 aromatic heterocycles. The molecular weight excluding hydrogens is 280 g/mol. The van der Waals surface area contributed by atoms with Gasteiger partial charge in [0.25, 0.3) is 5.91 Å². The molecule has 0 unspecified atom stereocenters. The fraction of sp³-hybridized carbons (Fsp3) is 0.214. The Kier molecular flexibility index (Phi) is 4.45. The standard InChI is InChI=1S/C14H15ClN2OS/c1-9-5-10(14(18)16-2)3-4-13(9)17-7-12-6-11(15)8-19-12/h3-6,8,17H,7H2,1-2H3,(H,16,18). The summed E-state index contributed by atoms with van der Waals surface area (Å²) in [6.45, 7) is 2.72. The predicted molar refractivity (Wildman–Crippen MR) is 81.2 cm³/mol. The number of rotatable bonds is 4. The number of benzene rings is 1. The lowest BCUT2D eigenvalue weighted by atomic mass is 10.1. The summed E-state index contributed by atoms with van der Waals surface area (Å²) >= 11 is 7.51. The van der Waals surface area contributed by atoms with E-state index in [0.717, 1.165) is 22.8 Å². The largest absolute Gasteiger partial charge is 0.380 e. The number of hydrogen-bond acceptors (Lipinski definition) is 3. The number of amides is 1. The van der Waals surface area contributed by atoms with Crippen LogP contribution in [0.2, 0.25) is 5.02 Å². The van der Waals surface area contributed by atoms with Gasteiger partial charge in [-0.05, 0) is 36.8 Å². The normalized spacial score (nSPS) is 10.3. The van der Waals surface area contributed by atoms with E-state index >= 15 is 0 Å². The molecule has 0 saturated heterocycles. The van der Waals surface area contributed by atoms with Gasteiger partial charge in [0, 0.05) is 35.1 Å². The molecule has 0 spiro atoms. The van der Waals surface area contributed by atoms with E-state index in [9.17, 15) is 4.79 Å². The third-order valence-corrected chi connectivity index (χ3v) is 4.07. The van der Waals surface area contributed by atoms with Crippen molar-refractivity contribution in [2.45, 2.75) is 13.5 Å². The van der Waals surface area contributed by atoms with Crippen molar-refractivity contribution in [1.29, 1.82) is 0 Å². The molecule has 2 N–H and O–H groups in total. The van der Waals surface area contributed by atoms with Crippen molar-refractivity contribution in [3.63, 3.8) is 0 Å². The van der Waals surface area contributed by atoms with Gasteiger partial charge in [0.1, 0.15) is 0 Å². The Bertz CT molecular complexity index is 595. The van der Waals surface area contributed by atoms with Gasteiger partial charge in [0.2, 0.25) is 0 Å². The van der Waals surface area contributed by atoms with E-state index < -0.39 is 0 Å². The van der Waals surface area contributed by atoms with E-state index in [1.54, 1.807) is 18.4 Å². The van der Waals surface area contributed by atoms with Crippen LogP contribution >= 0.6 is 22.9 Å². The molecule has 0 bridgehead atoms. The van der Waals surface area contributed by atoms with Crippen LogP contribution < -0.4 is 10.6 Å². The summed E-state index contributed by atoms with van der Waals surface area (Å²) in [7, 11) is 1.63. The molecule has 2 aromatic rings. The van der Waals surface area contributed by atoms with Crippen molar-refractivity contribution in [2.24, 2.45) is 0 Å². The molecule has 1 aromatic carbocycles. The number of carbonyl (C=O) groups excluding carboxylic acids is 1. The summed E-state index contributed by atoms with van der Waals surface area (Å²) in [5.41, 5.74) is 2.74. The van der Waals surface area contributed by atoms with Gasteiger partial charge in [-0.25, -0.2) is 0 Å². The molecule has 5 heteroatoms. The van der Waals surface area contributed by atoms with Crippen LogP contribution in [0.15, 0.2) is 29.6 Å². The van der Waals surface area contributed by atoms with Gasteiger partial charge in [0.15, 0.2) is 0 Å². The van der Waals surface area contributed by atoms with Gasteiger partial charge < -0.3 is 10.6 Å². The summed E-state index contributed by atoms with van der Waals surface area (Å²) < 4.78 is 0. The van der Waals surface area contributed by atoms with Crippen molar-refractivity contribution in [1.82, 2.24) is 5.32 Å². The number of aryl methyl sites for hydroxylation is 1. The van der Waals surface area contributed by atoms with Crippen LogP contribution in [0.1, 0.15) is 20.8 Å². The first kappa shape index (κ1) is 13.9. The molecule has 0 aliphatic rings. The van der Waals surface area contributed by atoms with E-state index in [0.29, 0.717) is 5.56 Å². The molecular formula is C14H15ClN2OS. The average molecular weight is 295 g/mol. The third kappa shape index (κ3) is 3.49. The molecule has 0 aliphatic heterocycles. The Balaban J connectivity index is 2.07. The van der Waals surface area contributed by atoms with E-state index in [1.807, 2.05) is 36.6 Å². The van der Waals surface area contributed by atoms with Crippen molar-refractivity contribution >= 4 is 34.5 Å². The van der Waals surface area contributed by atoms with Gasteiger partial charge in [-0.3, -0.25) is 4.79 Å². The van der Waals surface area contributed by atoms with Crippen LogP contribution in [0.4, 0.5) is 5.69 Å². The highest BCUT2D eigenvalue weighted by Crippen LogP contribution is 2.22. The highest BCUT2D eigenvalue weighted by atomic mass is 35.5. The first-order valence-corrected chi connectivity index (χ1v) is 7.15. The van der Waals surface area contributed by atoms with Crippen molar-refractivity contribution < 1.29 is 4.79 Å². The third-order valence-electron chi connectivity index (χ3n) is 2.79. The molecule has 0 aliphatic carbocycles. The average Bonchev–Trinajstić information content (AvgIpc) is 2.82. The smallest absolute Gasteiger partial charge is 0.251 e. The molecule has 1 amide bonds. The number of anilines is 1. The fourth-order valence-corrected chi connectivity index (χ4v) is 2.79. The van der Waals surface area contributed by atoms with Crippen molar-refractivity contribution in [3.8, 4) is 0 Å². The minimum absolute atomic E-state index is 0.0697. The highest BCUT2D eigenvalue weighted by molar-refractivity contribution is 7.10. The summed E-state index contributed by atoms with van der Waals surface area (Å²) in [4.78, 5) is 12.7. The van der Waals surface area contributed by atoms with E-state index in [2.05, 4.69) is 10.6 Å². The summed E-state index contributed by atoms with van der Waals surface area (Å²) in [5.74, 6) is -0.0697. The zero-order chi connectivity index (χ0) is 13.8. The summed E-state index contributed by atoms with van der Waals surface area (Å²) in [6.07, 6.45) is 0. The molecule has 0 fully saturated rings. The summed E-state index contributed by atoms with van der Waals surface area (Å²) in [6, 6.07) is 7.57. The molecule has 0 saturated carbocycles. The van der Waals surface area contributed by atoms with Gasteiger partial charge in [0.05, 0.1) is 5.02 Å². The van der Waals surface area contributed by atoms with Crippen molar-refractivity contribution in [2.75, 3.05) is 12.4 Å². The predicted octanol–water partition coefficient (Wildman–Crippen LogP) is 3.68. The van der Waals surface area contributed by atoms with Crippen LogP contribution in [-0.4, -0.2) is 13.0 Å². The SMILES string of the molecule is CNC(=O)c1ccc(NCc2cc(Cl)cs2)c(C)c1. The first-order chi connectivity index (χ1) is 9.10. The monoisotopic (exact) mass is 294 g/mol. The minimum atomic E-state index is -0.0697. The number of halogens is 1. The molecule has 2 rings (SSSR count). The van der Waals surface area contributed by atoms with Crippen LogP contribution in [0.25, 0.3) is 0 Å². The van der Waals surface area contributed by atoms with Crippen LogP contribution in [0.5, 0.6) is 0 Å². The Labute approximate surface area is 121 Å². The van der Waals surface area contributed by atoms with Gasteiger partial charge in [-0.2, -0.15) is 0 Å². The van der Waals surface area contributed by atoms with Crippen LogP contribution in [-0.2, 0) is 6.54 Å². The maximum Gasteiger partial charge on any atom is 0.251 e. The topological polar surface area (TPSA) is 41.1 Å². The number of thiophene rings is 1. The first-order valence-electron chi connectivity index (χ1n) is 5.89. The minimum Gasteiger partial charge on any atom is -0.380 e. The molecule has 19 heavy (non-hydrogen) atoms. The van der Waals surface area contributed by atoms with Crippen LogP contribution in [0, 0.1) is 6.92 Å². The molecule has 1 heterocycles. The van der Waals surface area contributed by atoms with Gasteiger partial charge >= 0.3 is 0 Å². The zero-order valence-corrected chi connectivity index (χ0v) is 12.4. The Morgan fingerprint density at radius 3 is 2.74 bits per heavy atom. The van der Waals surface area contributed by atoms with E-state index in [1.165, 1.54) is 4.88 Å². The maximum absolute atomic E-state index is 11.5. The Hall–Kier alpha value is -1.52. The second kappa shape index (κ2) is 6.08. The lowest BCUT2D eigenvalue weighted by molar-refractivity contribution is 0.0963. The molecule has 3 nitrogen and oxygen atoms in total. The molecule has 0 atom stereocenters. The fourth-order valence-electron chi connectivity index (χ4n) is 1.78. The maximum atomic E-state index is 11.5. The number of carbonyl (C=O) groups is 1. The van der Waals surface area contributed by atoms with Crippen molar-refractivity contribution in [3.05, 3.63) is 50.7 Å². The Morgan fingerprint density at radius 2 is 2.16 bits per heavy atom. The summed E-state index contributed by atoms with van der Waals surface area (Å²) in [5, 5.41) is 8.65. The van der Waals surface area contributed by atoms with Gasteiger partial charge in [-0.1, -0.05) is 11.6 Å². The second-order valence-electron chi connectivity index (χ2n) is 4.19. The van der Waals surface area contributed by atoms with E-state index in [-0.39, 0.29) is 5.91 Å². The second-order valence-corrected chi connectivity index (χ2v) is 5.63. The van der Waals surface area contributed by atoms with Crippen LogP contribution in [0.3, 0.4) is 0 Å². The number of hydrogen-bond donors (Lipinski definition) is 2. The van der Waals surface area contributed by atoms with Gasteiger partial charge in [-0.15, -0.1) is 11.3 Å². The van der Waals surface area contributed by atoms with E-state index in [4.69, 9.17) is 11.6 Å². The lowest BCUT2D eigenvalue weighted by Crippen LogP contribution is -2.17. The highest BCUT2D eigenvalue weighted by Gasteiger charge is 2.06. The number of nitrogens with one attached hydrogen (secondary N) is 2. The molecule has 100 valence electrons. The zero-order valence-electron chi connectivity index (χ0n) is 10.8. The molecule has 0 radical (unpaired) electrons. The lowest BCUT2D eigenvalue weighted by Gasteiger charge is -2.10. The quantitative estimate of drug-likeness (QED) is 0.903.